The van der Waals surface area contributed by atoms with Gasteiger partial charge in [-0.3, -0.25) is 9.78 Å². The first-order valence-corrected chi connectivity index (χ1v) is 8.66. The maximum absolute atomic E-state index is 12.2. The minimum absolute atomic E-state index is 0.0279. The standard InChI is InChI=1S/C18H26N6O/c1-22(2)16-4-7-19-12-14(16)13-21-15-5-9-24(10-6-15)17-18(25)23(3)11-8-20-17/h4,7-8,11-12,15,21H,5-6,9-10,13H2,1-3H3. The molecule has 7 nitrogen and oxygen atoms in total. The molecule has 0 bridgehead atoms. The lowest BCUT2D eigenvalue weighted by Crippen LogP contribution is -2.44. The molecule has 0 atom stereocenters. The molecule has 0 spiro atoms. The zero-order valence-corrected chi connectivity index (χ0v) is 15.1. The van der Waals surface area contributed by atoms with Gasteiger partial charge in [-0.15, -0.1) is 0 Å². The van der Waals surface area contributed by atoms with E-state index in [2.05, 4.69) is 25.1 Å². The van der Waals surface area contributed by atoms with Crippen LogP contribution >= 0.6 is 0 Å². The van der Waals surface area contributed by atoms with Gasteiger partial charge in [-0.25, -0.2) is 4.98 Å². The van der Waals surface area contributed by atoms with Gasteiger partial charge in [0.15, 0.2) is 5.82 Å². The van der Waals surface area contributed by atoms with Crippen LogP contribution in [-0.4, -0.2) is 47.8 Å². The molecule has 3 heterocycles. The Morgan fingerprint density at radius 1 is 1.28 bits per heavy atom. The van der Waals surface area contributed by atoms with Crippen LogP contribution in [-0.2, 0) is 13.6 Å². The molecule has 0 saturated carbocycles. The van der Waals surface area contributed by atoms with E-state index in [9.17, 15) is 4.79 Å². The van der Waals surface area contributed by atoms with Gasteiger partial charge >= 0.3 is 0 Å². The van der Waals surface area contributed by atoms with Crippen LogP contribution in [0, 0.1) is 0 Å². The van der Waals surface area contributed by atoms with E-state index >= 15 is 0 Å². The summed E-state index contributed by atoms with van der Waals surface area (Å²) in [6.45, 7) is 2.49. The highest BCUT2D eigenvalue weighted by Crippen LogP contribution is 2.18. The second-order valence-electron chi connectivity index (χ2n) is 6.71. The van der Waals surface area contributed by atoms with Crippen molar-refractivity contribution in [2.24, 2.45) is 7.05 Å². The van der Waals surface area contributed by atoms with Gasteiger partial charge in [-0.05, 0) is 18.9 Å². The molecule has 0 unspecified atom stereocenters. The second kappa shape index (κ2) is 7.65. The minimum Gasteiger partial charge on any atom is -0.377 e. The first-order chi connectivity index (χ1) is 12.1. The first kappa shape index (κ1) is 17.4. The summed E-state index contributed by atoms with van der Waals surface area (Å²) < 4.78 is 1.58. The fourth-order valence-electron chi connectivity index (χ4n) is 3.24. The fraction of sp³-hybridized carbons (Fsp3) is 0.500. The largest absolute Gasteiger partial charge is 0.377 e. The third-order valence-electron chi connectivity index (χ3n) is 4.73. The number of hydrogen-bond acceptors (Lipinski definition) is 6. The van der Waals surface area contributed by atoms with Crippen LogP contribution in [0.3, 0.4) is 0 Å². The van der Waals surface area contributed by atoms with Crippen LogP contribution < -0.4 is 20.7 Å². The summed E-state index contributed by atoms with van der Waals surface area (Å²) >= 11 is 0. The molecular weight excluding hydrogens is 316 g/mol. The summed E-state index contributed by atoms with van der Waals surface area (Å²) in [4.78, 5) is 24.9. The molecule has 2 aromatic rings. The van der Waals surface area contributed by atoms with Crippen molar-refractivity contribution in [2.75, 3.05) is 37.0 Å². The van der Waals surface area contributed by atoms with Crippen molar-refractivity contribution < 1.29 is 0 Å². The Bertz CT molecular complexity index is 764. The van der Waals surface area contributed by atoms with E-state index < -0.39 is 0 Å². The van der Waals surface area contributed by atoms with E-state index in [0.717, 1.165) is 32.5 Å². The number of rotatable bonds is 5. The van der Waals surface area contributed by atoms with Gasteiger partial charge < -0.3 is 19.7 Å². The summed E-state index contributed by atoms with van der Waals surface area (Å²) in [7, 11) is 5.85. The number of hydrogen-bond donors (Lipinski definition) is 1. The molecule has 1 saturated heterocycles. The van der Waals surface area contributed by atoms with Crippen molar-refractivity contribution in [3.8, 4) is 0 Å². The van der Waals surface area contributed by atoms with Crippen LogP contribution in [0.15, 0.2) is 35.6 Å². The Morgan fingerprint density at radius 2 is 2.04 bits per heavy atom. The van der Waals surface area contributed by atoms with E-state index in [1.54, 1.807) is 24.0 Å². The maximum Gasteiger partial charge on any atom is 0.293 e. The fourth-order valence-corrected chi connectivity index (χ4v) is 3.24. The predicted molar refractivity (Wildman–Crippen MR) is 100 cm³/mol. The van der Waals surface area contributed by atoms with Crippen molar-refractivity contribution in [1.29, 1.82) is 0 Å². The lowest BCUT2D eigenvalue weighted by atomic mass is 10.0. The maximum atomic E-state index is 12.2. The number of aromatic nitrogens is 3. The molecular formula is C18H26N6O. The van der Waals surface area contributed by atoms with Crippen molar-refractivity contribution in [3.63, 3.8) is 0 Å². The van der Waals surface area contributed by atoms with Crippen LogP contribution in [0.5, 0.6) is 0 Å². The second-order valence-corrected chi connectivity index (χ2v) is 6.71. The van der Waals surface area contributed by atoms with Gasteiger partial charge in [0.1, 0.15) is 0 Å². The van der Waals surface area contributed by atoms with Gasteiger partial charge in [0, 0.05) is 82.9 Å². The van der Waals surface area contributed by atoms with Crippen LogP contribution in [0.1, 0.15) is 18.4 Å². The van der Waals surface area contributed by atoms with Crippen molar-refractivity contribution in [3.05, 3.63) is 46.8 Å². The molecule has 1 aliphatic rings. The smallest absolute Gasteiger partial charge is 0.293 e. The van der Waals surface area contributed by atoms with Crippen LogP contribution in [0.4, 0.5) is 11.5 Å². The monoisotopic (exact) mass is 342 g/mol. The van der Waals surface area contributed by atoms with Gasteiger partial charge in [-0.1, -0.05) is 0 Å². The average molecular weight is 342 g/mol. The van der Waals surface area contributed by atoms with E-state index in [0.29, 0.717) is 11.9 Å². The third-order valence-corrected chi connectivity index (χ3v) is 4.73. The number of nitrogens with one attached hydrogen (secondary N) is 1. The van der Waals surface area contributed by atoms with E-state index in [-0.39, 0.29) is 5.56 Å². The average Bonchev–Trinajstić information content (AvgIpc) is 2.63. The number of anilines is 2. The van der Waals surface area contributed by atoms with Gasteiger partial charge in [0.25, 0.3) is 5.56 Å². The van der Waals surface area contributed by atoms with Gasteiger partial charge in [0.05, 0.1) is 0 Å². The molecule has 0 amide bonds. The molecule has 1 N–H and O–H groups in total. The summed E-state index contributed by atoms with van der Waals surface area (Å²) in [6, 6.07) is 2.48. The lowest BCUT2D eigenvalue weighted by molar-refractivity contribution is 0.411. The Kier molecular flexibility index (Phi) is 5.33. The molecule has 0 aliphatic carbocycles. The normalized spacial score (nSPS) is 15.4. The highest BCUT2D eigenvalue weighted by Gasteiger charge is 2.22. The third kappa shape index (κ3) is 3.99. The van der Waals surface area contributed by atoms with Crippen molar-refractivity contribution in [2.45, 2.75) is 25.4 Å². The molecule has 3 rings (SSSR count). The number of pyridine rings is 1. The highest BCUT2D eigenvalue weighted by atomic mass is 16.1. The lowest BCUT2D eigenvalue weighted by Gasteiger charge is -2.33. The Hall–Kier alpha value is -2.41. The molecule has 1 aliphatic heterocycles. The zero-order valence-electron chi connectivity index (χ0n) is 15.1. The summed E-state index contributed by atoms with van der Waals surface area (Å²) in [6.07, 6.45) is 9.12. The first-order valence-electron chi connectivity index (χ1n) is 8.66. The number of aryl methyl sites for hydroxylation is 1. The molecule has 25 heavy (non-hydrogen) atoms. The molecule has 134 valence electrons. The van der Waals surface area contributed by atoms with E-state index in [4.69, 9.17) is 0 Å². The van der Waals surface area contributed by atoms with Crippen LogP contribution in [0.2, 0.25) is 0 Å². The Labute approximate surface area is 148 Å². The van der Waals surface area contributed by atoms with Crippen molar-refractivity contribution in [1.82, 2.24) is 19.9 Å². The SMILES string of the molecule is CN(C)c1ccncc1CNC1CCN(c2nccn(C)c2=O)CC1. The van der Waals surface area contributed by atoms with Gasteiger partial charge in [-0.2, -0.15) is 0 Å². The van der Waals surface area contributed by atoms with E-state index in [1.165, 1.54) is 11.3 Å². The molecule has 2 aromatic heterocycles. The minimum atomic E-state index is -0.0279. The molecule has 0 aromatic carbocycles. The summed E-state index contributed by atoms with van der Waals surface area (Å²) in [5.74, 6) is 0.561. The highest BCUT2D eigenvalue weighted by molar-refractivity contribution is 5.50. The van der Waals surface area contributed by atoms with Crippen LogP contribution in [0.25, 0.3) is 0 Å². The Balaban J connectivity index is 1.57. The number of piperidine rings is 1. The topological polar surface area (TPSA) is 66.3 Å². The van der Waals surface area contributed by atoms with Gasteiger partial charge in [0.2, 0.25) is 0 Å². The predicted octanol–water partition coefficient (Wildman–Crippen LogP) is 1.000. The number of nitrogens with zero attached hydrogens (tertiary/aromatic N) is 5. The summed E-state index contributed by atoms with van der Waals surface area (Å²) in [5.41, 5.74) is 2.37. The van der Waals surface area contributed by atoms with E-state index in [1.807, 2.05) is 32.6 Å². The molecule has 1 fully saturated rings. The quantitative estimate of drug-likeness (QED) is 0.874. The zero-order chi connectivity index (χ0) is 17.8. The molecule has 0 radical (unpaired) electrons. The Morgan fingerprint density at radius 3 is 2.76 bits per heavy atom. The van der Waals surface area contributed by atoms with Crippen molar-refractivity contribution >= 4 is 11.5 Å². The summed E-state index contributed by atoms with van der Waals surface area (Å²) in [5, 5.41) is 3.63. The molecule has 7 heteroatoms.